The topological polar surface area (TPSA) is 27.3 Å². The van der Waals surface area contributed by atoms with E-state index in [1.807, 2.05) is 30.3 Å². The molecule has 0 aromatic heterocycles. The minimum Gasteiger partial charge on any atom is -0.332 e. The first kappa shape index (κ1) is 12.1. The average molecular weight is 269 g/mol. The van der Waals surface area contributed by atoms with E-state index in [1.165, 1.54) is 11.1 Å². The molecule has 0 saturated heterocycles. The lowest BCUT2D eigenvalue weighted by Crippen LogP contribution is -2.40. The molecular formula is C15H15N3S. The van der Waals surface area contributed by atoms with E-state index in [1.54, 1.807) is 0 Å². The number of thiocarbonyl (C=S) groups is 1. The van der Waals surface area contributed by atoms with Crippen LogP contribution in [0.25, 0.3) is 0 Å². The standard InChI is InChI=1S/C15H15N3S/c19-15(16-14-8-2-1-3-9-14)17-18-10-12-6-4-5-7-13(12)11-18/h1-9H,10-11H2,(H2,16,17,19). The van der Waals surface area contributed by atoms with Crippen molar-refractivity contribution in [2.75, 3.05) is 5.32 Å². The number of para-hydroxylation sites is 1. The SMILES string of the molecule is S=C(Nc1ccccc1)NN1Cc2ccccc2C1. The molecule has 4 heteroatoms. The summed E-state index contributed by atoms with van der Waals surface area (Å²) < 4.78 is 0. The first-order valence-corrected chi connectivity index (χ1v) is 6.66. The molecule has 19 heavy (non-hydrogen) atoms. The highest BCUT2D eigenvalue weighted by atomic mass is 32.1. The minimum atomic E-state index is 0.624. The highest BCUT2D eigenvalue weighted by molar-refractivity contribution is 7.80. The van der Waals surface area contributed by atoms with Crippen LogP contribution in [0.1, 0.15) is 11.1 Å². The molecule has 0 radical (unpaired) electrons. The van der Waals surface area contributed by atoms with Gasteiger partial charge in [0.15, 0.2) is 5.11 Å². The van der Waals surface area contributed by atoms with Crippen LogP contribution < -0.4 is 10.7 Å². The van der Waals surface area contributed by atoms with Crippen molar-refractivity contribution in [2.45, 2.75) is 13.1 Å². The highest BCUT2D eigenvalue weighted by Gasteiger charge is 2.18. The molecule has 0 amide bonds. The van der Waals surface area contributed by atoms with E-state index in [9.17, 15) is 0 Å². The van der Waals surface area contributed by atoms with Crippen LogP contribution in [-0.2, 0) is 13.1 Å². The average Bonchev–Trinajstić information content (AvgIpc) is 2.81. The molecule has 2 aromatic rings. The molecule has 1 aliphatic heterocycles. The lowest BCUT2D eigenvalue weighted by atomic mass is 10.1. The molecule has 3 nitrogen and oxygen atoms in total. The lowest BCUT2D eigenvalue weighted by molar-refractivity contribution is 0.244. The molecule has 2 aromatic carbocycles. The summed E-state index contributed by atoms with van der Waals surface area (Å²) in [6.07, 6.45) is 0. The number of anilines is 1. The number of rotatable bonds is 2. The summed E-state index contributed by atoms with van der Waals surface area (Å²) in [7, 11) is 0. The Hall–Kier alpha value is -1.91. The summed E-state index contributed by atoms with van der Waals surface area (Å²) in [6, 6.07) is 18.4. The maximum atomic E-state index is 5.32. The Labute approximate surface area is 118 Å². The van der Waals surface area contributed by atoms with E-state index in [4.69, 9.17) is 12.2 Å². The van der Waals surface area contributed by atoms with Gasteiger partial charge < -0.3 is 5.32 Å². The van der Waals surface area contributed by atoms with Gasteiger partial charge in [0.05, 0.1) is 0 Å². The van der Waals surface area contributed by atoms with Gasteiger partial charge in [-0.2, -0.15) is 0 Å². The van der Waals surface area contributed by atoms with Gasteiger partial charge in [0, 0.05) is 18.8 Å². The van der Waals surface area contributed by atoms with Crippen molar-refractivity contribution in [3.63, 3.8) is 0 Å². The largest absolute Gasteiger partial charge is 0.332 e. The lowest BCUT2D eigenvalue weighted by Gasteiger charge is -2.19. The van der Waals surface area contributed by atoms with Crippen molar-refractivity contribution >= 4 is 23.0 Å². The summed E-state index contributed by atoms with van der Waals surface area (Å²) in [6.45, 7) is 1.76. The van der Waals surface area contributed by atoms with Crippen molar-refractivity contribution in [1.29, 1.82) is 0 Å². The summed E-state index contributed by atoms with van der Waals surface area (Å²) >= 11 is 5.32. The Bertz CT molecular complexity index is 558. The fraction of sp³-hybridized carbons (Fsp3) is 0.133. The number of benzene rings is 2. The van der Waals surface area contributed by atoms with Crippen LogP contribution in [0.2, 0.25) is 0 Å². The highest BCUT2D eigenvalue weighted by Crippen LogP contribution is 2.20. The van der Waals surface area contributed by atoms with E-state index in [2.05, 4.69) is 40.0 Å². The van der Waals surface area contributed by atoms with Crippen LogP contribution in [0.5, 0.6) is 0 Å². The van der Waals surface area contributed by atoms with E-state index in [-0.39, 0.29) is 0 Å². The Kier molecular flexibility index (Phi) is 3.44. The zero-order chi connectivity index (χ0) is 13.1. The van der Waals surface area contributed by atoms with Gasteiger partial charge in [-0.25, -0.2) is 5.01 Å². The van der Waals surface area contributed by atoms with Crippen molar-refractivity contribution in [1.82, 2.24) is 10.4 Å². The second kappa shape index (κ2) is 5.38. The first-order valence-electron chi connectivity index (χ1n) is 6.26. The maximum absolute atomic E-state index is 5.32. The fourth-order valence-corrected chi connectivity index (χ4v) is 2.48. The van der Waals surface area contributed by atoms with Gasteiger partial charge in [0.25, 0.3) is 0 Å². The molecular weight excluding hydrogens is 254 g/mol. The first-order chi connectivity index (χ1) is 9.31. The van der Waals surface area contributed by atoms with Crippen LogP contribution >= 0.6 is 12.2 Å². The van der Waals surface area contributed by atoms with Gasteiger partial charge in [0.2, 0.25) is 0 Å². The van der Waals surface area contributed by atoms with E-state index >= 15 is 0 Å². The monoisotopic (exact) mass is 269 g/mol. The Morgan fingerprint density at radius 3 is 2.11 bits per heavy atom. The molecule has 3 rings (SSSR count). The Balaban J connectivity index is 1.58. The number of fused-ring (bicyclic) bond motifs is 1. The number of hydrogen-bond acceptors (Lipinski definition) is 2. The number of nitrogens with one attached hydrogen (secondary N) is 2. The maximum Gasteiger partial charge on any atom is 0.185 e. The van der Waals surface area contributed by atoms with Crippen molar-refractivity contribution in [3.05, 3.63) is 65.7 Å². The normalized spacial score (nSPS) is 13.9. The zero-order valence-corrected chi connectivity index (χ0v) is 11.3. The minimum absolute atomic E-state index is 0.624. The number of nitrogens with zero attached hydrogens (tertiary/aromatic N) is 1. The van der Waals surface area contributed by atoms with E-state index < -0.39 is 0 Å². The molecule has 0 unspecified atom stereocenters. The second-order valence-electron chi connectivity index (χ2n) is 4.56. The molecule has 2 N–H and O–H groups in total. The summed E-state index contributed by atoms with van der Waals surface area (Å²) in [5.74, 6) is 0. The molecule has 0 aliphatic carbocycles. The zero-order valence-electron chi connectivity index (χ0n) is 10.5. The smallest absolute Gasteiger partial charge is 0.185 e. The van der Waals surface area contributed by atoms with E-state index in [0.717, 1.165) is 18.8 Å². The quantitative estimate of drug-likeness (QED) is 0.820. The predicted octanol–water partition coefficient (Wildman–Crippen LogP) is 2.90. The van der Waals surface area contributed by atoms with Gasteiger partial charge in [-0.1, -0.05) is 42.5 Å². The van der Waals surface area contributed by atoms with Crippen LogP contribution in [0, 0.1) is 0 Å². The predicted molar refractivity (Wildman–Crippen MR) is 81.5 cm³/mol. The molecule has 96 valence electrons. The molecule has 0 spiro atoms. The van der Waals surface area contributed by atoms with Crippen molar-refractivity contribution in [3.8, 4) is 0 Å². The van der Waals surface area contributed by atoms with E-state index in [0.29, 0.717) is 5.11 Å². The van der Waals surface area contributed by atoms with Gasteiger partial charge in [0.1, 0.15) is 0 Å². The third-order valence-electron chi connectivity index (χ3n) is 3.13. The molecule has 0 fully saturated rings. The molecule has 0 atom stereocenters. The second-order valence-corrected chi connectivity index (χ2v) is 4.96. The third-order valence-corrected chi connectivity index (χ3v) is 3.33. The van der Waals surface area contributed by atoms with Crippen LogP contribution in [-0.4, -0.2) is 10.1 Å². The Morgan fingerprint density at radius 2 is 1.47 bits per heavy atom. The molecule has 1 aliphatic rings. The summed E-state index contributed by atoms with van der Waals surface area (Å²) in [5.41, 5.74) is 6.94. The van der Waals surface area contributed by atoms with Crippen LogP contribution in [0.3, 0.4) is 0 Å². The molecule has 0 saturated carbocycles. The summed E-state index contributed by atoms with van der Waals surface area (Å²) in [5, 5.41) is 5.91. The third kappa shape index (κ3) is 2.92. The molecule has 1 heterocycles. The Morgan fingerprint density at radius 1 is 0.895 bits per heavy atom. The van der Waals surface area contributed by atoms with Gasteiger partial charge in [-0.15, -0.1) is 0 Å². The van der Waals surface area contributed by atoms with Crippen molar-refractivity contribution < 1.29 is 0 Å². The van der Waals surface area contributed by atoms with Crippen LogP contribution in [0.15, 0.2) is 54.6 Å². The van der Waals surface area contributed by atoms with Gasteiger partial charge >= 0.3 is 0 Å². The van der Waals surface area contributed by atoms with Gasteiger partial charge in [-0.3, -0.25) is 5.43 Å². The molecule has 0 bridgehead atoms. The van der Waals surface area contributed by atoms with Crippen molar-refractivity contribution in [2.24, 2.45) is 0 Å². The van der Waals surface area contributed by atoms with Gasteiger partial charge in [-0.05, 0) is 35.5 Å². The fourth-order valence-electron chi connectivity index (χ4n) is 2.24. The number of hydrazine groups is 1. The number of hydrogen-bond donors (Lipinski definition) is 2. The van der Waals surface area contributed by atoms with Crippen LogP contribution in [0.4, 0.5) is 5.69 Å². The summed E-state index contributed by atoms with van der Waals surface area (Å²) in [4.78, 5) is 0.